The summed E-state index contributed by atoms with van der Waals surface area (Å²) in [5.41, 5.74) is 2.30. The fourth-order valence-electron chi connectivity index (χ4n) is 4.96. The number of nitrogens with zero attached hydrogens (tertiary/aromatic N) is 2. The number of aliphatic hydroxyl groups excluding tert-OH is 1. The van der Waals surface area contributed by atoms with E-state index in [1.165, 1.54) is 19.0 Å². The van der Waals surface area contributed by atoms with Gasteiger partial charge in [-0.2, -0.15) is 0 Å². The fraction of sp³-hybridized carbons (Fsp3) is 0.429. The van der Waals surface area contributed by atoms with Gasteiger partial charge in [0.1, 0.15) is 6.10 Å². The number of aromatic nitrogens is 2. The molecule has 1 aromatic heterocycles. The second-order valence-corrected chi connectivity index (χ2v) is 9.38. The SMILES string of the molecule is CNC(=O)[C@H](CC1CCCC1)C[C@H](O)[C@H](Cc1ccccc1)OC(=O)c1cnc2ccccc2n1. The molecule has 1 fully saturated rings. The summed E-state index contributed by atoms with van der Waals surface area (Å²) in [6, 6.07) is 16.9. The largest absolute Gasteiger partial charge is 0.454 e. The zero-order chi connectivity index (χ0) is 24.6. The molecule has 1 saturated carbocycles. The molecule has 3 aromatic rings. The predicted molar refractivity (Wildman–Crippen MR) is 134 cm³/mol. The third-order valence-electron chi connectivity index (χ3n) is 6.86. The van der Waals surface area contributed by atoms with Crippen LogP contribution in [-0.2, 0) is 16.0 Å². The first-order chi connectivity index (χ1) is 17.0. The summed E-state index contributed by atoms with van der Waals surface area (Å²) in [5, 5.41) is 14.0. The zero-order valence-electron chi connectivity index (χ0n) is 20.1. The summed E-state index contributed by atoms with van der Waals surface area (Å²) in [7, 11) is 1.62. The maximum atomic E-state index is 13.0. The minimum atomic E-state index is -1.00. The van der Waals surface area contributed by atoms with Gasteiger partial charge in [0.25, 0.3) is 0 Å². The molecule has 2 N–H and O–H groups in total. The summed E-state index contributed by atoms with van der Waals surface area (Å²) >= 11 is 0. The van der Waals surface area contributed by atoms with Crippen LogP contribution in [0.2, 0.25) is 0 Å². The van der Waals surface area contributed by atoms with Gasteiger partial charge in [-0.1, -0.05) is 68.1 Å². The summed E-state index contributed by atoms with van der Waals surface area (Å²) in [6.07, 6.45) is 5.47. The molecular formula is C28H33N3O4. The molecule has 7 nitrogen and oxygen atoms in total. The number of rotatable bonds is 10. The van der Waals surface area contributed by atoms with Crippen LogP contribution < -0.4 is 5.32 Å². The van der Waals surface area contributed by atoms with E-state index in [-0.39, 0.29) is 23.9 Å². The standard InChI is InChI=1S/C28H33N3O4/c1-29-27(33)21(15-19-11-5-6-12-19)17-25(32)26(16-20-9-3-2-4-10-20)35-28(34)24-18-30-22-13-7-8-14-23(22)31-24/h2-4,7-10,13-14,18-19,21,25-26,32H,5-6,11-12,15-17H2,1H3,(H,29,33)/t21-,25+,26+/m1/s1. The number of fused-ring (bicyclic) bond motifs is 1. The second kappa shape index (κ2) is 11.9. The van der Waals surface area contributed by atoms with Crippen LogP contribution in [-0.4, -0.2) is 46.2 Å². The highest BCUT2D eigenvalue weighted by Crippen LogP contribution is 2.32. The summed E-state index contributed by atoms with van der Waals surface area (Å²) < 4.78 is 5.81. The van der Waals surface area contributed by atoms with E-state index in [0.29, 0.717) is 23.4 Å². The minimum Gasteiger partial charge on any atom is -0.454 e. The lowest BCUT2D eigenvalue weighted by Crippen LogP contribution is -2.38. The number of aliphatic hydroxyl groups is 1. The Hall–Kier alpha value is -3.32. The molecule has 1 amide bonds. The Kier molecular flexibility index (Phi) is 8.42. The molecule has 0 saturated heterocycles. The monoisotopic (exact) mass is 475 g/mol. The van der Waals surface area contributed by atoms with Crippen LogP contribution in [0.15, 0.2) is 60.8 Å². The first-order valence-corrected chi connectivity index (χ1v) is 12.4. The van der Waals surface area contributed by atoms with Crippen LogP contribution in [0.5, 0.6) is 0 Å². The van der Waals surface area contributed by atoms with Crippen molar-refractivity contribution in [1.82, 2.24) is 15.3 Å². The molecule has 3 atom stereocenters. The Morgan fingerprint density at radius 2 is 1.74 bits per heavy atom. The number of ether oxygens (including phenoxy) is 1. The van der Waals surface area contributed by atoms with Crippen LogP contribution in [0.1, 0.15) is 54.6 Å². The highest BCUT2D eigenvalue weighted by molar-refractivity contribution is 5.89. The number of carbonyl (C=O) groups is 2. The van der Waals surface area contributed by atoms with E-state index in [4.69, 9.17) is 4.74 Å². The number of hydrogen-bond donors (Lipinski definition) is 2. The molecule has 4 rings (SSSR count). The normalized spacial score (nSPS) is 16.5. The lowest BCUT2D eigenvalue weighted by molar-refractivity contribution is -0.127. The number of benzene rings is 2. The Balaban J connectivity index is 1.52. The van der Waals surface area contributed by atoms with E-state index < -0.39 is 18.2 Å². The predicted octanol–water partition coefficient (Wildman–Crippen LogP) is 4.09. The van der Waals surface area contributed by atoms with Crippen molar-refractivity contribution in [2.24, 2.45) is 11.8 Å². The molecule has 0 unspecified atom stereocenters. The average Bonchev–Trinajstić information content (AvgIpc) is 3.41. The molecule has 2 aromatic carbocycles. The molecular weight excluding hydrogens is 442 g/mol. The molecule has 0 radical (unpaired) electrons. The van der Waals surface area contributed by atoms with Crippen molar-refractivity contribution < 1.29 is 19.4 Å². The molecule has 0 bridgehead atoms. The number of esters is 1. The topological polar surface area (TPSA) is 101 Å². The van der Waals surface area contributed by atoms with Gasteiger partial charge in [0.15, 0.2) is 5.69 Å². The number of carbonyl (C=O) groups excluding carboxylic acids is 2. The van der Waals surface area contributed by atoms with Crippen molar-refractivity contribution in [3.8, 4) is 0 Å². The highest BCUT2D eigenvalue weighted by atomic mass is 16.6. The molecule has 1 aliphatic rings. The molecule has 0 spiro atoms. The van der Waals surface area contributed by atoms with Gasteiger partial charge in [-0.3, -0.25) is 9.78 Å². The van der Waals surface area contributed by atoms with Crippen molar-refractivity contribution in [2.45, 2.75) is 57.2 Å². The smallest absolute Gasteiger partial charge is 0.358 e. The molecule has 0 aliphatic heterocycles. The molecule has 7 heteroatoms. The van der Waals surface area contributed by atoms with E-state index in [1.807, 2.05) is 48.5 Å². The lowest BCUT2D eigenvalue weighted by Gasteiger charge is -2.27. The maximum absolute atomic E-state index is 13.0. The first-order valence-electron chi connectivity index (χ1n) is 12.4. The van der Waals surface area contributed by atoms with E-state index >= 15 is 0 Å². The minimum absolute atomic E-state index is 0.0823. The van der Waals surface area contributed by atoms with Crippen molar-refractivity contribution in [3.05, 3.63) is 72.1 Å². The van der Waals surface area contributed by atoms with Crippen LogP contribution in [0.25, 0.3) is 11.0 Å². The van der Waals surface area contributed by atoms with Crippen molar-refractivity contribution in [3.63, 3.8) is 0 Å². The Labute approximate surface area is 205 Å². The van der Waals surface area contributed by atoms with Crippen LogP contribution in [0.3, 0.4) is 0 Å². The van der Waals surface area contributed by atoms with Crippen molar-refractivity contribution >= 4 is 22.9 Å². The molecule has 1 heterocycles. The van der Waals surface area contributed by atoms with Crippen LogP contribution in [0.4, 0.5) is 0 Å². The van der Waals surface area contributed by atoms with Crippen molar-refractivity contribution in [1.29, 1.82) is 0 Å². The van der Waals surface area contributed by atoms with Gasteiger partial charge in [-0.05, 0) is 36.5 Å². The zero-order valence-corrected chi connectivity index (χ0v) is 20.1. The van der Waals surface area contributed by atoms with E-state index in [9.17, 15) is 14.7 Å². The van der Waals surface area contributed by atoms with Gasteiger partial charge in [0.05, 0.1) is 23.3 Å². The van der Waals surface area contributed by atoms with E-state index in [2.05, 4.69) is 15.3 Å². The lowest BCUT2D eigenvalue weighted by atomic mass is 9.86. The van der Waals surface area contributed by atoms with Gasteiger partial charge in [-0.15, -0.1) is 0 Å². The van der Waals surface area contributed by atoms with E-state index in [1.54, 1.807) is 13.1 Å². The number of para-hydroxylation sites is 2. The van der Waals surface area contributed by atoms with Crippen LogP contribution >= 0.6 is 0 Å². The summed E-state index contributed by atoms with van der Waals surface area (Å²) in [6.45, 7) is 0. The number of hydrogen-bond acceptors (Lipinski definition) is 6. The van der Waals surface area contributed by atoms with Gasteiger partial charge >= 0.3 is 5.97 Å². The van der Waals surface area contributed by atoms with Gasteiger partial charge in [0, 0.05) is 19.4 Å². The molecule has 35 heavy (non-hydrogen) atoms. The highest BCUT2D eigenvalue weighted by Gasteiger charge is 2.32. The summed E-state index contributed by atoms with van der Waals surface area (Å²) in [5.74, 6) is -0.570. The average molecular weight is 476 g/mol. The second-order valence-electron chi connectivity index (χ2n) is 9.38. The van der Waals surface area contributed by atoms with Gasteiger partial charge < -0.3 is 15.2 Å². The van der Waals surface area contributed by atoms with Gasteiger partial charge in [-0.25, -0.2) is 9.78 Å². The fourth-order valence-corrected chi connectivity index (χ4v) is 4.96. The number of amides is 1. The molecule has 1 aliphatic carbocycles. The first kappa shape index (κ1) is 24.8. The van der Waals surface area contributed by atoms with Gasteiger partial charge in [0.2, 0.25) is 5.91 Å². The Morgan fingerprint density at radius 1 is 1.06 bits per heavy atom. The van der Waals surface area contributed by atoms with Crippen molar-refractivity contribution in [2.75, 3.05) is 7.05 Å². The summed E-state index contributed by atoms with van der Waals surface area (Å²) in [4.78, 5) is 34.4. The number of nitrogens with one attached hydrogen (secondary N) is 1. The third-order valence-corrected chi connectivity index (χ3v) is 6.86. The quantitative estimate of drug-likeness (QED) is 0.428. The van der Waals surface area contributed by atoms with Crippen LogP contribution in [0, 0.1) is 11.8 Å². The van der Waals surface area contributed by atoms with E-state index in [0.717, 1.165) is 24.8 Å². The molecule has 184 valence electrons. The maximum Gasteiger partial charge on any atom is 0.358 e. The Bertz CT molecular complexity index is 1130. The Morgan fingerprint density at radius 3 is 2.46 bits per heavy atom. The third kappa shape index (κ3) is 6.63.